The summed E-state index contributed by atoms with van der Waals surface area (Å²) >= 11 is 2.95. The second kappa shape index (κ2) is 10.5. The Morgan fingerprint density at radius 3 is 2.08 bits per heavy atom. The van der Waals surface area contributed by atoms with Crippen LogP contribution in [0.5, 0.6) is 0 Å². The van der Waals surface area contributed by atoms with E-state index < -0.39 is 8.32 Å². The summed E-state index contributed by atoms with van der Waals surface area (Å²) in [6.45, 7) is 8.62. The van der Waals surface area contributed by atoms with Crippen molar-refractivity contribution in [3.05, 3.63) is 95.0 Å². The smallest absolute Gasteiger partial charge is 0.324 e. The van der Waals surface area contributed by atoms with Gasteiger partial charge in [-0.25, -0.2) is 0 Å². The molecule has 0 amide bonds. The largest absolute Gasteiger partial charge is 0.405 e. The van der Waals surface area contributed by atoms with E-state index in [0.717, 1.165) is 29.1 Å². The molecule has 0 bridgehead atoms. The Balaban J connectivity index is 1.43. The molecule has 1 aliphatic heterocycles. The average Bonchev–Trinajstić information content (AvgIpc) is 3.65. The molecule has 0 aliphatic carbocycles. The molecular weight excluding hydrogens is 517 g/mol. The fraction of sp³-hybridized carbons (Fsp3) is 0.310. The Morgan fingerprint density at radius 2 is 1.51 bits per heavy atom. The maximum atomic E-state index is 11.1. The zero-order chi connectivity index (χ0) is 26.0. The van der Waals surface area contributed by atoms with E-state index in [1.807, 2.05) is 6.07 Å². The zero-order valence-corrected chi connectivity index (χ0v) is 24.1. The highest BCUT2D eigenvalue weighted by Gasteiger charge is 2.50. The Hall–Kier alpha value is -2.78. The van der Waals surface area contributed by atoms with Crippen LogP contribution in [-0.2, 0) is 4.43 Å². The van der Waals surface area contributed by atoms with Crippen molar-refractivity contribution in [1.29, 1.82) is 0 Å². The Morgan fingerprint density at radius 1 is 0.919 bits per heavy atom. The first kappa shape index (κ1) is 25.8. The minimum absolute atomic E-state index is 0.0524. The molecule has 5 nitrogen and oxygen atoms in total. The lowest BCUT2D eigenvalue weighted by molar-refractivity contribution is -0.380. The quantitative estimate of drug-likeness (QED) is 0.136. The third-order valence-corrected chi connectivity index (χ3v) is 14.5. The van der Waals surface area contributed by atoms with Crippen LogP contribution in [0, 0.1) is 10.1 Å². The van der Waals surface area contributed by atoms with E-state index in [9.17, 15) is 10.1 Å². The molecule has 8 heteroatoms. The normalized spacial score (nSPS) is 16.3. The van der Waals surface area contributed by atoms with E-state index in [2.05, 4.69) is 98.5 Å². The number of nitro groups is 1. The molecule has 1 saturated heterocycles. The molecule has 2 aromatic carbocycles. The second-order valence-corrected chi connectivity index (χ2v) is 16.9. The van der Waals surface area contributed by atoms with Gasteiger partial charge in [0.1, 0.15) is 0 Å². The van der Waals surface area contributed by atoms with Crippen molar-refractivity contribution in [2.45, 2.75) is 44.7 Å². The molecule has 37 heavy (non-hydrogen) atoms. The highest BCUT2D eigenvalue weighted by atomic mass is 32.1. The van der Waals surface area contributed by atoms with Gasteiger partial charge in [-0.2, -0.15) is 0 Å². The van der Waals surface area contributed by atoms with Gasteiger partial charge >= 0.3 is 5.00 Å². The van der Waals surface area contributed by atoms with Crippen LogP contribution < -0.4 is 15.3 Å². The summed E-state index contributed by atoms with van der Waals surface area (Å²) in [6, 6.07) is 29.6. The number of rotatable bonds is 8. The number of hydrogen-bond donors (Lipinski definition) is 0. The number of hydrogen-bond acceptors (Lipinski definition) is 6. The van der Waals surface area contributed by atoms with Crippen LogP contribution in [0.15, 0.2) is 84.9 Å². The first-order valence-corrected chi connectivity index (χ1v) is 16.2. The molecule has 1 aliphatic rings. The fourth-order valence-corrected chi connectivity index (χ4v) is 12.1. The molecule has 1 atom stereocenters. The van der Waals surface area contributed by atoms with E-state index in [0.29, 0.717) is 12.6 Å². The molecule has 0 saturated carbocycles. The van der Waals surface area contributed by atoms with Crippen molar-refractivity contribution in [3.63, 3.8) is 0 Å². The van der Waals surface area contributed by atoms with Crippen molar-refractivity contribution >= 4 is 51.4 Å². The third kappa shape index (κ3) is 5.03. The zero-order valence-electron chi connectivity index (χ0n) is 21.4. The van der Waals surface area contributed by atoms with E-state index in [4.69, 9.17) is 4.43 Å². The van der Waals surface area contributed by atoms with E-state index in [1.165, 1.54) is 26.7 Å². The molecule has 0 radical (unpaired) electrons. The van der Waals surface area contributed by atoms with Gasteiger partial charge in [-0.15, -0.1) is 11.3 Å². The molecule has 0 unspecified atom stereocenters. The van der Waals surface area contributed by atoms with Crippen LogP contribution in [0.3, 0.4) is 0 Å². The number of anilines is 1. The summed E-state index contributed by atoms with van der Waals surface area (Å²) < 4.78 is 7.25. The van der Waals surface area contributed by atoms with Crippen molar-refractivity contribution in [2.75, 3.05) is 18.1 Å². The third-order valence-electron chi connectivity index (χ3n) is 7.18. The molecule has 192 valence electrons. The lowest BCUT2D eigenvalue weighted by Gasteiger charge is -2.44. The average molecular weight is 549 g/mol. The number of thiophene rings is 2. The van der Waals surface area contributed by atoms with E-state index >= 15 is 0 Å². The Kier molecular flexibility index (Phi) is 7.36. The number of benzene rings is 2. The SMILES string of the molecule is CC(C)(C)[Si](OC[C@H]1CCCN1c1ccc(-c2ccc([N+](=O)[O-])s2)s1)(c1ccccc1)c1ccccc1. The van der Waals surface area contributed by atoms with Gasteiger partial charge in [0.05, 0.1) is 27.5 Å². The highest BCUT2D eigenvalue weighted by Crippen LogP contribution is 2.42. The molecule has 3 heterocycles. The second-order valence-electron chi connectivity index (χ2n) is 10.5. The summed E-state index contributed by atoms with van der Waals surface area (Å²) in [5.41, 5.74) is 0. The van der Waals surface area contributed by atoms with Gasteiger partial charge in [0.15, 0.2) is 0 Å². The first-order chi connectivity index (χ1) is 17.8. The van der Waals surface area contributed by atoms with Crippen LogP contribution in [0.4, 0.5) is 10.0 Å². The minimum Gasteiger partial charge on any atom is -0.405 e. The van der Waals surface area contributed by atoms with Gasteiger partial charge in [-0.3, -0.25) is 10.1 Å². The van der Waals surface area contributed by atoms with Gasteiger partial charge in [-0.1, -0.05) is 92.8 Å². The van der Waals surface area contributed by atoms with Crippen molar-refractivity contribution < 1.29 is 9.35 Å². The van der Waals surface area contributed by atoms with Crippen LogP contribution in [0.1, 0.15) is 33.6 Å². The number of nitrogens with zero attached hydrogens (tertiary/aromatic N) is 2. The first-order valence-electron chi connectivity index (χ1n) is 12.7. The van der Waals surface area contributed by atoms with Crippen molar-refractivity contribution in [3.8, 4) is 9.75 Å². The molecule has 0 N–H and O–H groups in total. The molecular formula is C29H32N2O3S2Si. The highest BCUT2D eigenvalue weighted by molar-refractivity contribution is 7.25. The Labute approximate surface area is 227 Å². The maximum Gasteiger partial charge on any atom is 0.324 e. The van der Waals surface area contributed by atoms with Crippen molar-refractivity contribution in [1.82, 2.24) is 0 Å². The predicted molar refractivity (Wildman–Crippen MR) is 158 cm³/mol. The summed E-state index contributed by atoms with van der Waals surface area (Å²) in [4.78, 5) is 15.3. The van der Waals surface area contributed by atoms with Gasteiger partial charge in [0, 0.05) is 17.5 Å². The lowest BCUT2D eigenvalue weighted by Crippen LogP contribution is -2.67. The van der Waals surface area contributed by atoms with Crippen LogP contribution in [0.25, 0.3) is 9.75 Å². The summed E-state index contributed by atoms with van der Waals surface area (Å²) in [5.74, 6) is 0. The van der Waals surface area contributed by atoms with Crippen LogP contribution >= 0.6 is 22.7 Å². The van der Waals surface area contributed by atoms with Crippen molar-refractivity contribution in [2.24, 2.45) is 0 Å². The molecule has 5 rings (SSSR count). The fourth-order valence-electron chi connectivity index (χ4n) is 5.45. The lowest BCUT2D eigenvalue weighted by atomic mass is 10.2. The van der Waals surface area contributed by atoms with Gasteiger partial charge in [0.2, 0.25) is 0 Å². The van der Waals surface area contributed by atoms with Crippen LogP contribution in [0.2, 0.25) is 5.04 Å². The topological polar surface area (TPSA) is 55.6 Å². The summed E-state index contributed by atoms with van der Waals surface area (Å²) in [6.07, 6.45) is 2.22. The van der Waals surface area contributed by atoms with E-state index in [-0.39, 0.29) is 15.0 Å². The van der Waals surface area contributed by atoms with E-state index in [1.54, 1.807) is 17.4 Å². The molecule has 0 spiro atoms. The maximum absolute atomic E-state index is 11.1. The standard InChI is InChI=1S/C29H32N2O3S2Si/c1-29(2,3)37(23-12-6-4-7-13-23,24-14-8-5-9-15-24)34-21-22-11-10-20-30(22)27-18-16-25(35-27)26-17-19-28(36-26)31(32)33/h4-9,12-19,22H,10-11,20-21H2,1-3H3/t22-/m1/s1. The minimum atomic E-state index is -2.59. The summed E-state index contributed by atoms with van der Waals surface area (Å²) in [7, 11) is -2.59. The predicted octanol–water partition coefficient (Wildman–Crippen LogP) is 6.93. The molecule has 4 aromatic rings. The van der Waals surface area contributed by atoms with Gasteiger partial charge in [0.25, 0.3) is 8.32 Å². The van der Waals surface area contributed by atoms with Crippen LogP contribution in [-0.4, -0.2) is 32.4 Å². The van der Waals surface area contributed by atoms with Gasteiger partial charge < -0.3 is 9.33 Å². The molecule has 1 fully saturated rings. The summed E-state index contributed by atoms with van der Waals surface area (Å²) in [5, 5.41) is 15.1. The molecule has 2 aromatic heterocycles. The Bertz CT molecular complexity index is 1310. The monoisotopic (exact) mass is 548 g/mol. The van der Waals surface area contributed by atoms with Gasteiger partial charge in [-0.05, 0) is 46.5 Å².